The molecule has 0 spiro atoms. The molecule has 0 unspecified atom stereocenters. The van der Waals surface area contributed by atoms with Gasteiger partial charge in [-0.05, 0) is 54.6 Å². The monoisotopic (exact) mass is 365 g/mol. The van der Waals surface area contributed by atoms with Crippen LogP contribution in [0.1, 0.15) is 15.9 Å². The van der Waals surface area contributed by atoms with Crippen molar-refractivity contribution in [1.82, 2.24) is 9.78 Å². The number of carbonyl (C=O) groups is 2. The molecule has 2 N–H and O–H groups in total. The van der Waals surface area contributed by atoms with E-state index in [9.17, 15) is 14.0 Å². The van der Waals surface area contributed by atoms with Crippen LogP contribution in [-0.4, -0.2) is 26.8 Å². The topological polar surface area (TPSA) is 84.2 Å². The second-order valence-corrected chi connectivity index (χ2v) is 5.78. The van der Waals surface area contributed by atoms with Gasteiger partial charge in [-0.1, -0.05) is 0 Å². The molecule has 7 heteroatoms. The molecule has 1 amide bonds. The molecule has 0 atom stereocenters. The van der Waals surface area contributed by atoms with Gasteiger partial charge >= 0.3 is 5.97 Å². The minimum Gasteiger partial charge on any atom is -0.478 e. The van der Waals surface area contributed by atoms with E-state index in [2.05, 4.69) is 10.4 Å². The maximum atomic E-state index is 13.1. The van der Waals surface area contributed by atoms with Crippen LogP contribution in [0.15, 0.2) is 60.8 Å². The van der Waals surface area contributed by atoms with Crippen molar-refractivity contribution in [2.75, 3.05) is 5.32 Å². The summed E-state index contributed by atoms with van der Waals surface area (Å²) in [5.74, 6) is -1.73. The van der Waals surface area contributed by atoms with Gasteiger partial charge in [-0.25, -0.2) is 9.18 Å². The number of hydrogen-bond acceptors (Lipinski definition) is 3. The van der Waals surface area contributed by atoms with E-state index >= 15 is 0 Å². The third-order valence-corrected chi connectivity index (χ3v) is 3.90. The molecule has 3 rings (SSSR count). The fourth-order valence-corrected chi connectivity index (χ4v) is 2.58. The summed E-state index contributed by atoms with van der Waals surface area (Å²) >= 11 is 0. The number of carboxylic acid groups (broad SMARTS) is 1. The number of rotatable bonds is 5. The predicted octanol–water partition coefficient (Wildman–Crippen LogP) is 3.58. The Labute approximate surface area is 154 Å². The Morgan fingerprint density at radius 2 is 1.78 bits per heavy atom. The molecule has 0 radical (unpaired) electrons. The highest BCUT2D eigenvalue weighted by Gasteiger charge is 2.10. The Hall–Kier alpha value is -3.74. The third kappa shape index (κ3) is 4.27. The van der Waals surface area contributed by atoms with Crippen LogP contribution in [0.25, 0.3) is 17.3 Å². The van der Waals surface area contributed by atoms with E-state index < -0.39 is 5.97 Å². The van der Waals surface area contributed by atoms with E-state index in [0.717, 1.165) is 11.3 Å². The molecule has 0 bridgehead atoms. The average molecular weight is 365 g/mol. The number of nitrogens with one attached hydrogen (secondary N) is 1. The minimum atomic E-state index is -1.03. The van der Waals surface area contributed by atoms with Gasteiger partial charge in [-0.3, -0.25) is 9.48 Å². The number of hydrogen-bond donors (Lipinski definition) is 2. The first-order chi connectivity index (χ1) is 12.9. The number of carbonyl (C=O) groups excluding carboxylic acids is 1. The molecular weight excluding hydrogens is 349 g/mol. The quantitative estimate of drug-likeness (QED) is 0.677. The summed E-state index contributed by atoms with van der Waals surface area (Å²) in [6, 6.07) is 11.9. The van der Waals surface area contributed by atoms with Crippen LogP contribution < -0.4 is 5.32 Å². The van der Waals surface area contributed by atoms with Crippen molar-refractivity contribution in [3.05, 3.63) is 77.7 Å². The first kappa shape index (κ1) is 18.1. The van der Waals surface area contributed by atoms with Crippen molar-refractivity contribution in [2.24, 2.45) is 7.05 Å². The fraction of sp³-hybridized carbons (Fsp3) is 0.0500. The Morgan fingerprint density at radius 1 is 1.11 bits per heavy atom. The van der Waals surface area contributed by atoms with Crippen molar-refractivity contribution in [3.63, 3.8) is 0 Å². The Morgan fingerprint density at radius 3 is 2.41 bits per heavy atom. The standard InChI is InChI=1S/C20H16FN3O3/c1-24-19(13-2-7-16(21)8-3-13)15(12-22-24)6-11-18(25)23-17-9-4-14(5-10-17)20(26)27/h2-12H,1H3,(H,23,25)(H,26,27)/b11-6+. The van der Waals surface area contributed by atoms with Crippen molar-refractivity contribution >= 4 is 23.6 Å². The zero-order valence-electron chi connectivity index (χ0n) is 14.4. The summed E-state index contributed by atoms with van der Waals surface area (Å²) in [4.78, 5) is 22.9. The molecule has 2 aromatic carbocycles. The summed E-state index contributed by atoms with van der Waals surface area (Å²) < 4.78 is 14.8. The SMILES string of the molecule is Cn1ncc(/C=C/C(=O)Nc2ccc(C(=O)O)cc2)c1-c1ccc(F)cc1. The van der Waals surface area contributed by atoms with Crippen LogP contribution in [0.2, 0.25) is 0 Å². The van der Waals surface area contributed by atoms with Crippen molar-refractivity contribution in [3.8, 4) is 11.3 Å². The maximum Gasteiger partial charge on any atom is 0.335 e. The number of carboxylic acids is 1. The highest BCUT2D eigenvalue weighted by atomic mass is 19.1. The molecular formula is C20H16FN3O3. The molecule has 0 aliphatic rings. The number of halogens is 1. The molecule has 27 heavy (non-hydrogen) atoms. The van der Waals surface area contributed by atoms with Gasteiger partial charge in [0, 0.05) is 29.9 Å². The van der Waals surface area contributed by atoms with Gasteiger partial charge < -0.3 is 10.4 Å². The lowest BCUT2D eigenvalue weighted by molar-refractivity contribution is -0.111. The Bertz CT molecular complexity index is 1010. The average Bonchev–Trinajstić information content (AvgIpc) is 3.02. The minimum absolute atomic E-state index is 0.142. The highest BCUT2D eigenvalue weighted by Crippen LogP contribution is 2.24. The molecule has 1 heterocycles. The number of amides is 1. The summed E-state index contributed by atoms with van der Waals surface area (Å²) in [6.07, 6.45) is 4.59. The van der Waals surface area contributed by atoms with E-state index in [-0.39, 0.29) is 17.3 Å². The molecule has 0 saturated heterocycles. The van der Waals surface area contributed by atoms with Crippen LogP contribution in [0.5, 0.6) is 0 Å². The van der Waals surface area contributed by atoms with E-state index in [4.69, 9.17) is 5.11 Å². The lowest BCUT2D eigenvalue weighted by Crippen LogP contribution is -2.08. The van der Waals surface area contributed by atoms with Crippen LogP contribution in [0, 0.1) is 5.82 Å². The van der Waals surface area contributed by atoms with Gasteiger partial charge in [0.1, 0.15) is 5.82 Å². The van der Waals surface area contributed by atoms with Gasteiger partial charge in [0.05, 0.1) is 17.5 Å². The highest BCUT2D eigenvalue weighted by molar-refractivity contribution is 6.02. The first-order valence-corrected chi connectivity index (χ1v) is 8.04. The first-order valence-electron chi connectivity index (χ1n) is 8.04. The van der Waals surface area contributed by atoms with Crippen LogP contribution >= 0.6 is 0 Å². The number of aromatic nitrogens is 2. The van der Waals surface area contributed by atoms with Gasteiger partial charge in [0.15, 0.2) is 0 Å². The number of anilines is 1. The van der Waals surface area contributed by atoms with E-state index in [1.165, 1.54) is 42.5 Å². The van der Waals surface area contributed by atoms with Crippen LogP contribution in [0.4, 0.5) is 10.1 Å². The van der Waals surface area contributed by atoms with E-state index in [1.807, 2.05) is 0 Å². The largest absolute Gasteiger partial charge is 0.478 e. The summed E-state index contributed by atoms with van der Waals surface area (Å²) in [6.45, 7) is 0. The number of benzene rings is 2. The maximum absolute atomic E-state index is 13.1. The summed E-state index contributed by atoms with van der Waals surface area (Å²) in [5, 5.41) is 15.7. The van der Waals surface area contributed by atoms with Crippen LogP contribution in [-0.2, 0) is 11.8 Å². The number of aromatic carboxylic acids is 1. The van der Waals surface area contributed by atoms with E-state index in [1.54, 1.807) is 36.1 Å². The molecule has 0 saturated carbocycles. The van der Waals surface area contributed by atoms with Gasteiger partial charge in [0.2, 0.25) is 5.91 Å². The van der Waals surface area contributed by atoms with Crippen molar-refractivity contribution in [2.45, 2.75) is 0 Å². The molecule has 3 aromatic rings. The summed E-state index contributed by atoms with van der Waals surface area (Å²) in [5.41, 5.74) is 2.87. The fourth-order valence-electron chi connectivity index (χ4n) is 2.58. The van der Waals surface area contributed by atoms with Gasteiger partial charge in [0.25, 0.3) is 0 Å². The smallest absolute Gasteiger partial charge is 0.335 e. The van der Waals surface area contributed by atoms with Crippen LogP contribution in [0.3, 0.4) is 0 Å². The molecule has 0 aliphatic heterocycles. The second-order valence-electron chi connectivity index (χ2n) is 5.78. The molecule has 6 nitrogen and oxygen atoms in total. The number of nitrogens with zero attached hydrogens (tertiary/aromatic N) is 2. The van der Waals surface area contributed by atoms with E-state index in [0.29, 0.717) is 11.3 Å². The molecule has 1 aromatic heterocycles. The lowest BCUT2D eigenvalue weighted by Gasteiger charge is -2.05. The lowest BCUT2D eigenvalue weighted by atomic mass is 10.1. The Kier molecular flexibility index (Phi) is 5.12. The Balaban J connectivity index is 1.75. The normalized spacial score (nSPS) is 10.9. The van der Waals surface area contributed by atoms with Crippen molar-refractivity contribution in [1.29, 1.82) is 0 Å². The molecule has 136 valence electrons. The zero-order chi connectivity index (χ0) is 19.4. The second kappa shape index (κ2) is 7.65. The predicted molar refractivity (Wildman–Crippen MR) is 99.7 cm³/mol. The molecule has 0 fully saturated rings. The van der Waals surface area contributed by atoms with Gasteiger partial charge in [-0.15, -0.1) is 0 Å². The molecule has 0 aliphatic carbocycles. The third-order valence-electron chi connectivity index (χ3n) is 3.90. The number of aryl methyl sites for hydroxylation is 1. The summed E-state index contributed by atoms with van der Waals surface area (Å²) in [7, 11) is 1.76. The van der Waals surface area contributed by atoms with Crippen molar-refractivity contribution < 1.29 is 19.1 Å². The zero-order valence-corrected chi connectivity index (χ0v) is 14.4. The van der Waals surface area contributed by atoms with Gasteiger partial charge in [-0.2, -0.15) is 5.10 Å².